The van der Waals surface area contributed by atoms with Gasteiger partial charge in [-0.2, -0.15) is 8.78 Å². The lowest BCUT2D eigenvalue weighted by Crippen LogP contribution is -2.23. The molecule has 0 aliphatic heterocycles. The second kappa shape index (κ2) is 3.65. The van der Waals surface area contributed by atoms with Crippen molar-refractivity contribution in [3.8, 4) is 0 Å². The Morgan fingerprint density at radius 1 is 1.08 bits per heavy atom. The van der Waals surface area contributed by atoms with E-state index in [1.165, 1.54) is 12.1 Å². The van der Waals surface area contributed by atoms with Crippen LogP contribution in [0.15, 0.2) is 28.7 Å². The summed E-state index contributed by atoms with van der Waals surface area (Å²) in [5.74, 6) is -4.07. The maximum atomic E-state index is 12.6. The first-order valence-corrected chi connectivity index (χ1v) is 4.16. The van der Waals surface area contributed by atoms with Gasteiger partial charge in [0.15, 0.2) is 0 Å². The van der Waals surface area contributed by atoms with Crippen LogP contribution < -0.4 is 0 Å². The molecule has 0 amide bonds. The highest BCUT2D eigenvalue weighted by molar-refractivity contribution is 9.10. The van der Waals surface area contributed by atoms with Gasteiger partial charge in [-0.1, -0.05) is 28.1 Å². The van der Waals surface area contributed by atoms with Gasteiger partial charge >= 0.3 is 12.3 Å². The summed E-state index contributed by atoms with van der Waals surface area (Å²) in [7, 11) is 0. The van der Waals surface area contributed by atoms with Crippen molar-refractivity contribution in [1.82, 2.24) is 0 Å². The fourth-order valence-corrected chi connectivity index (χ4v) is 1.06. The van der Waals surface area contributed by atoms with Crippen LogP contribution in [0.2, 0.25) is 0 Å². The summed E-state index contributed by atoms with van der Waals surface area (Å²) in [4.78, 5) is 0. The summed E-state index contributed by atoms with van der Waals surface area (Å²) in [5, 5.41) is 0. The zero-order valence-corrected chi connectivity index (χ0v) is 7.86. The molecule has 0 atom stereocenters. The molecule has 0 heterocycles. The Labute approximate surface area is 80.7 Å². The number of alkyl halides is 4. The molecule has 13 heavy (non-hydrogen) atoms. The summed E-state index contributed by atoms with van der Waals surface area (Å²) in [6.45, 7) is 0. The van der Waals surface area contributed by atoms with E-state index in [2.05, 4.69) is 15.9 Å². The normalized spacial score (nSPS) is 12.2. The summed E-state index contributed by atoms with van der Waals surface area (Å²) in [5.41, 5.74) is -0.675. The van der Waals surface area contributed by atoms with E-state index in [0.29, 0.717) is 4.47 Å². The molecule has 5 heteroatoms. The van der Waals surface area contributed by atoms with Gasteiger partial charge in [0.05, 0.1) is 0 Å². The Morgan fingerprint density at radius 2 is 1.54 bits per heavy atom. The van der Waals surface area contributed by atoms with Crippen LogP contribution in [-0.2, 0) is 5.92 Å². The van der Waals surface area contributed by atoms with E-state index >= 15 is 0 Å². The van der Waals surface area contributed by atoms with Crippen LogP contribution in [0.5, 0.6) is 0 Å². The van der Waals surface area contributed by atoms with Crippen molar-refractivity contribution in [3.05, 3.63) is 34.3 Å². The fraction of sp³-hybridized carbons (Fsp3) is 0.250. The van der Waals surface area contributed by atoms with E-state index in [1.54, 1.807) is 0 Å². The van der Waals surface area contributed by atoms with Gasteiger partial charge in [-0.05, 0) is 12.1 Å². The highest BCUT2D eigenvalue weighted by Crippen LogP contribution is 2.34. The molecule has 0 fully saturated rings. The SMILES string of the molecule is FC(F)C(F)(F)c1ccc(Br)cc1. The van der Waals surface area contributed by atoms with Crippen molar-refractivity contribution in [2.24, 2.45) is 0 Å². The Bertz CT molecular complexity index is 281. The van der Waals surface area contributed by atoms with Crippen molar-refractivity contribution in [1.29, 1.82) is 0 Å². The predicted octanol–water partition coefficient (Wildman–Crippen LogP) is 3.81. The minimum atomic E-state index is -4.07. The number of hydrogen-bond acceptors (Lipinski definition) is 0. The van der Waals surface area contributed by atoms with Crippen molar-refractivity contribution >= 4 is 15.9 Å². The third kappa shape index (κ3) is 2.21. The fourth-order valence-electron chi connectivity index (χ4n) is 0.798. The number of rotatable bonds is 2. The van der Waals surface area contributed by atoms with Crippen LogP contribution in [0.1, 0.15) is 5.56 Å². The van der Waals surface area contributed by atoms with Gasteiger partial charge in [0.2, 0.25) is 0 Å². The van der Waals surface area contributed by atoms with Crippen LogP contribution in [-0.4, -0.2) is 6.43 Å². The number of halogens is 5. The largest absolute Gasteiger partial charge is 0.332 e. The molecule has 0 unspecified atom stereocenters. The van der Waals surface area contributed by atoms with E-state index in [1.807, 2.05) is 0 Å². The maximum absolute atomic E-state index is 12.6. The topological polar surface area (TPSA) is 0 Å². The Balaban J connectivity index is 3.01. The molecule has 0 radical (unpaired) electrons. The highest BCUT2D eigenvalue weighted by Gasteiger charge is 2.42. The maximum Gasteiger partial charge on any atom is 0.332 e. The molecule has 0 saturated carbocycles. The second-order valence-corrected chi connectivity index (χ2v) is 3.35. The lowest BCUT2D eigenvalue weighted by molar-refractivity contribution is -0.135. The lowest BCUT2D eigenvalue weighted by atomic mass is 10.1. The van der Waals surface area contributed by atoms with Gasteiger partial charge in [-0.15, -0.1) is 0 Å². The molecule has 0 saturated heterocycles. The van der Waals surface area contributed by atoms with Crippen molar-refractivity contribution in [2.45, 2.75) is 12.3 Å². The molecular formula is C8H5BrF4. The van der Waals surface area contributed by atoms with Crippen LogP contribution in [0, 0.1) is 0 Å². The summed E-state index contributed by atoms with van der Waals surface area (Å²) >= 11 is 3.02. The summed E-state index contributed by atoms with van der Waals surface area (Å²) in [6, 6.07) is 4.53. The second-order valence-electron chi connectivity index (χ2n) is 2.43. The van der Waals surface area contributed by atoms with Gasteiger partial charge in [0, 0.05) is 10.0 Å². The standard InChI is InChI=1S/C8H5BrF4/c9-6-3-1-5(2-4-6)8(12,13)7(10)11/h1-4,7H. The van der Waals surface area contributed by atoms with Crippen LogP contribution >= 0.6 is 15.9 Å². The van der Waals surface area contributed by atoms with E-state index in [4.69, 9.17) is 0 Å². The third-order valence-corrected chi connectivity index (χ3v) is 2.03. The van der Waals surface area contributed by atoms with Gasteiger partial charge in [-0.3, -0.25) is 0 Å². The molecule has 1 rings (SSSR count). The minimum Gasteiger partial charge on any atom is -0.203 e. The zero-order valence-electron chi connectivity index (χ0n) is 6.28. The average molecular weight is 257 g/mol. The molecule has 0 nitrogen and oxygen atoms in total. The summed E-state index contributed by atoms with van der Waals surface area (Å²) in [6.07, 6.45) is -3.67. The molecule has 0 spiro atoms. The third-order valence-electron chi connectivity index (χ3n) is 1.50. The number of benzene rings is 1. The first kappa shape index (κ1) is 10.5. The smallest absolute Gasteiger partial charge is 0.203 e. The molecule has 0 aliphatic carbocycles. The minimum absolute atomic E-state index is 0.571. The monoisotopic (exact) mass is 256 g/mol. The van der Waals surface area contributed by atoms with Crippen LogP contribution in [0.25, 0.3) is 0 Å². The predicted molar refractivity (Wildman–Crippen MR) is 44.0 cm³/mol. The zero-order chi connectivity index (χ0) is 10.1. The molecule has 72 valence electrons. The molecule has 0 N–H and O–H groups in total. The van der Waals surface area contributed by atoms with Gasteiger partial charge in [-0.25, -0.2) is 8.78 Å². The Hall–Kier alpha value is -0.580. The molecule has 1 aromatic carbocycles. The van der Waals surface area contributed by atoms with E-state index in [0.717, 1.165) is 12.1 Å². The Kier molecular flexibility index (Phi) is 2.95. The molecule has 1 aromatic rings. The quantitative estimate of drug-likeness (QED) is 0.707. The van der Waals surface area contributed by atoms with Gasteiger partial charge < -0.3 is 0 Å². The van der Waals surface area contributed by atoms with Crippen molar-refractivity contribution in [2.75, 3.05) is 0 Å². The van der Waals surface area contributed by atoms with E-state index < -0.39 is 17.9 Å². The van der Waals surface area contributed by atoms with E-state index in [9.17, 15) is 17.6 Å². The number of hydrogen-bond donors (Lipinski definition) is 0. The van der Waals surface area contributed by atoms with Crippen LogP contribution in [0.4, 0.5) is 17.6 Å². The van der Waals surface area contributed by atoms with Gasteiger partial charge in [0.25, 0.3) is 0 Å². The average Bonchev–Trinajstić information content (AvgIpc) is 2.04. The van der Waals surface area contributed by atoms with Gasteiger partial charge in [0.1, 0.15) is 0 Å². The highest BCUT2D eigenvalue weighted by atomic mass is 79.9. The molecule has 0 bridgehead atoms. The molecular weight excluding hydrogens is 252 g/mol. The van der Waals surface area contributed by atoms with Crippen molar-refractivity contribution < 1.29 is 17.6 Å². The first-order chi connectivity index (χ1) is 5.94. The molecule has 0 aliphatic rings. The summed E-state index contributed by atoms with van der Waals surface area (Å²) < 4.78 is 49.5. The lowest BCUT2D eigenvalue weighted by Gasteiger charge is -2.15. The van der Waals surface area contributed by atoms with Crippen LogP contribution in [0.3, 0.4) is 0 Å². The van der Waals surface area contributed by atoms with E-state index in [-0.39, 0.29) is 0 Å². The van der Waals surface area contributed by atoms with Crippen molar-refractivity contribution in [3.63, 3.8) is 0 Å². The Morgan fingerprint density at radius 3 is 1.92 bits per heavy atom. The first-order valence-electron chi connectivity index (χ1n) is 3.36. The molecule has 0 aromatic heterocycles.